The zero-order valence-corrected chi connectivity index (χ0v) is 14.9. The molecule has 0 saturated heterocycles. The molecule has 24 heavy (non-hydrogen) atoms. The Bertz CT molecular complexity index is 743. The quantitative estimate of drug-likeness (QED) is 0.871. The predicted octanol–water partition coefficient (Wildman–Crippen LogP) is 2.91. The number of hydrogen-bond acceptors (Lipinski definition) is 3. The van der Waals surface area contributed by atoms with Gasteiger partial charge in [-0.3, -0.25) is 9.48 Å². The molecule has 2 heterocycles. The number of amides is 1. The van der Waals surface area contributed by atoms with Gasteiger partial charge in [0.05, 0.1) is 11.7 Å². The topological polar surface area (TPSA) is 47.4 Å². The van der Waals surface area contributed by atoms with Crippen LogP contribution in [-0.2, 0) is 23.3 Å². The van der Waals surface area contributed by atoms with Gasteiger partial charge in [-0.05, 0) is 39.3 Å². The van der Waals surface area contributed by atoms with Gasteiger partial charge in [0.2, 0.25) is 0 Å². The molecular weight excluding hydrogens is 302 g/mol. The fourth-order valence-corrected chi connectivity index (χ4v) is 3.07. The molecule has 0 spiro atoms. The van der Waals surface area contributed by atoms with Crippen molar-refractivity contribution >= 4 is 5.91 Å². The number of ether oxygens (including phenoxy) is 1. The molecule has 0 bridgehead atoms. The Labute approximate surface area is 143 Å². The van der Waals surface area contributed by atoms with Crippen LogP contribution in [0.5, 0.6) is 5.75 Å². The van der Waals surface area contributed by atoms with Crippen molar-refractivity contribution in [2.75, 3.05) is 13.2 Å². The molecule has 0 N–H and O–H groups in total. The minimum absolute atomic E-state index is 0.0208. The number of carbonyl (C=O) groups is 1. The summed E-state index contributed by atoms with van der Waals surface area (Å²) in [4.78, 5) is 14.3. The van der Waals surface area contributed by atoms with Crippen molar-refractivity contribution in [3.8, 4) is 5.75 Å². The van der Waals surface area contributed by atoms with Crippen molar-refractivity contribution in [3.05, 3.63) is 47.3 Å². The van der Waals surface area contributed by atoms with E-state index in [1.165, 1.54) is 5.69 Å². The van der Waals surface area contributed by atoms with Crippen LogP contribution >= 0.6 is 0 Å². The summed E-state index contributed by atoms with van der Waals surface area (Å²) in [6.45, 7) is 9.82. The molecule has 0 radical (unpaired) electrons. The van der Waals surface area contributed by atoms with Crippen LogP contribution in [0.15, 0.2) is 30.5 Å². The molecule has 1 aromatic carbocycles. The number of rotatable bonds is 3. The van der Waals surface area contributed by atoms with E-state index in [9.17, 15) is 4.79 Å². The number of nitrogens with zero attached hydrogens (tertiary/aromatic N) is 3. The molecule has 2 aromatic rings. The molecule has 3 rings (SSSR count). The number of benzene rings is 1. The lowest BCUT2D eigenvalue weighted by Crippen LogP contribution is -2.40. The number of carbonyl (C=O) groups excluding carboxylic acids is 1. The van der Waals surface area contributed by atoms with Crippen molar-refractivity contribution in [3.63, 3.8) is 0 Å². The van der Waals surface area contributed by atoms with Gasteiger partial charge in [-0.15, -0.1) is 0 Å². The average Bonchev–Trinajstić information content (AvgIpc) is 2.97. The van der Waals surface area contributed by atoms with Crippen LogP contribution in [-0.4, -0.2) is 33.7 Å². The van der Waals surface area contributed by atoms with E-state index in [0.717, 1.165) is 23.3 Å². The number of fused-ring (bicyclic) bond motifs is 1. The van der Waals surface area contributed by atoms with E-state index in [0.29, 0.717) is 13.1 Å². The van der Waals surface area contributed by atoms with Gasteiger partial charge >= 0.3 is 0 Å². The van der Waals surface area contributed by atoms with E-state index in [-0.39, 0.29) is 18.1 Å². The average molecular weight is 327 g/mol. The monoisotopic (exact) mass is 327 g/mol. The Morgan fingerprint density at radius 1 is 1.29 bits per heavy atom. The van der Waals surface area contributed by atoms with Gasteiger partial charge < -0.3 is 9.64 Å². The lowest BCUT2D eigenvalue weighted by molar-refractivity contribution is -0.134. The van der Waals surface area contributed by atoms with Crippen LogP contribution in [0.3, 0.4) is 0 Å². The van der Waals surface area contributed by atoms with Crippen LogP contribution in [0.1, 0.15) is 37.6 Å². The first-order valence-corrected chi connectivity index (χ1v) is 8.39. The van der Waals surface area contributed by atoms with Crippen LogP contribution in [0.25, 0.3) is 0 Å². The molecule has 0 fully saturated rings. The van der Waals surface area contributed by atoms with Crippen molar-refractivity contribution < 1.29 is 9.53 Å². The van der Waals surface area contributed by atoms with Gasteiger partial charge in [-0.2, -0.15) is 5.10 Å². The molecule has 0 atom stereocenters. The van der Waals surface area contributed by atoms with E-state index >= 15 is 0 Å². The maximum Gasteiger partial charge on any atom is 0.260 e. The first kappa shape index (κ1) is 16.6. The molecule has 1 aliphatic rings. The highest BCUT2D eigenvalue weighted by Crippen LogP contribution is 2.24. The van der Waals surface area contributed by atoms with Crippen LogP contribution in [0.2, 0.25) is 0 Å². The Balaban J connectivity index is 1.64. The van der Waals surface area contributed by atoms with E-state index in [2.05, 4.69) is 30.6 Å². The minimum atomic E-state index is -0.0340. The molecular formula is C19H25N3O2. The minimum Gasteiger partial charge on any atom is -0.484 e. The molecule has 1 aromatic heterocycles. The summed E-state index contributed by atoms with van der Waals surface area (Å²) in [6.07, 6.45) is 2.73. The number of aryl methyl sites for hydroxylation is 1. The Morgan fingerprint density at radius 3 is 2.75 bits per heavy atom. The molecule has 128 valence electrons. The molecule has 1 amide bonds. The number of hydrogen-bond donors (Lipinski definition) is 0. The third-order valence-corrected chi connectivity index (χ3v) is 4.37. The van der Waals surface area contributed by atoms with E-state index in [1.807, 2.05) is 42.3 Å². The van der Waals surface area contributed by atoms with Crippen molar-refractivity contribution in [2.24, 2.45) is 0 Å². The molecule has 5 heteroatoms. The van der Waals surface area contributed by atoms with Gasteiger partial charge in [0.15, 0.2) is 6.61 Å². The molecule has 0 aliphatic carbocycles. The van der Waals surface area contributed by atoms with Crippen LogP contribution in [0.4, 0.5) is 0 Å². The zero-order valence-electron chi connectivity index (χ0n) is 14.9. The summed E-state index contributed by atoms with van der Waals surface area (Å²) >= 11 is 0. The first-order valence-electron chi connectivity index (χ1n) is 8.39. The second-order valence-electron chi connectivity index (χ2n) is 7.32. The summed E-state index contributed by atoms with van der Waals surface area (Å²) in [7, 11) is 0. The maximum atomic E-state index is 12.5. The van der Waals surface area contributed by atoms with Gasteiger partial charge in [0, 0.05) is 30.8 Å². The molecule has 5 nitrogen and oxygen atoms in total. The smallest absolute Gasteiger partial charge is 0.260 e. The maximum absolute atomic E-state index is 12.5. The Kier molecular flexibility index (Phi) is 4.35. The molecule has 0 unspecified atom stereocenters. The predicted molar refractivity (Wildman–Crippen MR) is 93.0 cm³/mol. The third-order valence-electron chi connectivity index (χ3n) is 4.37. The highest BCUT2D eigenvalue weighted by molar-refractivity contribution is 5.78. The lowest BCUT2D eigenvalue weighted by Gasteiger charge is -2.30. The van der Waals surface area contributed by atoms with E-state index in [4.69, 9.17) is 4.74 Å². The Hall–Kier alpha value is -2.30. The first-order chi connectivity index (χ1) is 11.4. The molecule has 0 saturated carbocycles. The number of aromatic nitrogens is 2. The lowest BCUT2D eigenvalue weighted by atomic mass is 10.0. The summed E-state index contributed by atoms with van der Waals surface area (Å²) in [6, 6.07) is 7.75. The second kappa shape index (κ2) is 6.30. The number of para-hydroxylation sites is 1. The van der Waals surface area contributed by atoms with E-state index < -0.39 is 0 Å². The van der Waals surface area contributed by atoms with Crippen LogP contribution in [0, 0.1) is 6.92 Å². The second-order valence-corrected chi connectivity index (χ2v) is 7.32. The normalized spacial score (nSPS) is 14.4. The Morgan fingerprint density at radius 2 is 2.04 bits per heavy atom. The van der Waals surface area contributed by atoms with Crippen molar-refractivity contribution in [2.45, 2.75) is 46.2 Å². The summed E-state index contributed by atoms with van der Waals surface area (Å²) in [5.41, 5.74) is 3.39. The van der Waals surface area contributed by atoms with Gasteiger partial charge in [-0.1, -0.05) is 18.2 Å². The summed E-state index contributed by atoms with van der Waals surface area (Å²) in [5.74, 6) is 0.788. The SMILES string of the molecule is Cc1ccccc1OCC(=O)N1CCc2c(cnn2C(C)(C)C)C1. The fourth-order valence-electron chi connectivity index (χ4n) is 3.07. The summed E-state index contributed by atoms with van der Waals surface area (Å²) in [5, 5.41) is 4.52. The van der Waals surface area contributed by atoms with Gasteiger partial charge in [0.1, 0.15) is 5.75 Å². The van der Waals surface area contributed by atoms with Crippen molar-refractivity contribution in [1.82, 2.24) is 14.7 Å². The highest BCUT2D eigenvalue weighted by atomic mass is 16.5. The van der Waals surface area contributed by atoms with Gasteiger partial charge in [-0.25, -0.2) is 0 Å². The largest absolute Gasteiger partial charge is 0.484 e. The fraction of sp³-hybridized carbons (Fsp3) is 0.474. The third kappa shape index (κ3) is 3.30. The summed E-state index contributed by atoms with van der Waals surface area (Å²) < 4.78 is 7.76. The van der Waals surface area contributed by atoms with Crippen LogP contribution < -0.4 is 4.74 Å². The zero-order chi connectivity index (χ0) is 17.3. The molecule has 1 aliphatic heterocycles. The van der Waals surface area contributed by atoms with Gasteiger partial charge in [0.25, 0.3) is 5.91 Å². The van der Waals surface area contributed by atoms with Crippen molar-refractivity contribution in [1.29, 1.82) is 0 Å². The highest BCUT2D eigenvalue weighted by Gasteiger charge is 2.27. The standard InChI is InChI=1S/C19H25N3O2/c1-14-7-5-6-8-17(14)24-13-18(23)21-10-9-16-15(12-21)11-20-22(16)19(2,3)4/h5-8,11H,9-10,12-13H2,1-4H3. The van der Waals surface area contributed by atoms with E-state index in [1.54, 1.807) is 0 Å².